The maximum Gasteiger partial charge on any atom is 0.488 e. The highest BCUT2D eigenvalue weighted by molar-refractivity contribution is 6.66. The standard InChI is InChI=1S/C9H19NO3Si/c1-9(2)6-5-7-14(12-3,13-4)10-8-11/h9H,5-7H2,1-4H3. The molecule has 0 saturated heterocycles. The first-order valence-electron chi connectivity index (χ1n) is 4.79. The van der Waals surface area contributed by atoms with Crippen LogP contribution in [0.5, 0.6) is 0 Å². The van der Waals surface area contributed by atoms with Gasteiger partial charge in [0, 0.05) is 20.3 Å². The minimum atomic E-state index is -2.61. The van der Waals surface area contributed by atoms with Crippen LogP contribution in [0.15, 0.2) is 4.66 Å². The molecule has 0 heterocycles. The molecule has 0 aromatic rings. The average molecular weight is 217 g/mol. The Hall–Kier alpha value is -0.483. The fourth-order valence-corrected chi connectivity index (χ4v) is 2.90. The molecule has 0 rings (SSSR count). The van der Waals surface area contributed by atoms with Crippen molar-refractivity contribution in [2.45, 2.75) is 32.7 Å². The summed E-state index contributed by atoms with van der Waals surface area (Å²) < 4.78 is 14.1. The normalized spacial score (nSPS) is 11.5. The molecule has 5 heteroatoms. The van der Waals surface area contributed by atoms with Crippen LogP contribution >= 0.6 is 0 Å². The number of nitrogens with zero attached hydrogens (tertiary/aromatic N) is 1. The van der Waals surface area contributed by atoms with E-state index in [1.807, 2.05) is 0 Å². The van der Waals surface area contributed by atoms with Gasteiger partial charge in [0.2, 0.25) is 6.08 Å². The molecule has 0 aliphatic carbocycles. The van der Waals surface area contributed by atoms with Gasteiger partial charge in [-0.3, -0.25) is 0 Å². The van der Waals surface area contributed by atoms with Gasteiger partial charge in [-0.15, -0.1) is 0 Å². The van der Waals surface area contributed by atoms with Gasteiger partial charge in [0.15, 0.2) is 0 Å². The molecule has 0 aliphatic heterocycles. The third-order valence-corrected chi connectivity index (χ3v) is 4.82. The van der Waals surface area contributed by atoms with Gasteiger partial charge in [0.1, 0.15) is 0 Å². The van der Waals surface area contributed by atoms with Gasteiger partial charge in [-0.1, -0.05) is 20.3 Å². The first-order valence-corrected chi connectivity index (χ1v) is 6.76. The summed E-state index contributed by atoms with van der Waals surface area (Å²) >= 11 is 0. The Morgan fingerprint density at radius 2 is 1.93 bits per heavy atom. The second kappa shape index (κ2) is 6.90. The zero-order chi connectivity index (χ0) is 11.0. The van der Waals surface area contributed by atoms with Gasteiger partial charge >= 0.3 is 8.72 Å². The van der Waals surface area contributed by atoms with Crippen LogP contribution in [0.4, 0.5) is 0 Å². The lowest BCUT2D eigenvalue weighted by Crippen LogP contribution is -2.38. The van der Waals surface area contributed by atoms with E-state index in [9.17, 15) is 4.79 Å². The molecule has 0 aromatic heterocycles. The highest BCUT2D eigenvalue weighted by Gasteiger charge is 2.36. The van der Waals surface area contributed by atoms with E-state index in [1.54, 1.807) is 0 Å². The molecule has 14 heavy (non-hydrogen) atoms. The lowest BCUT2D eigenvalue weighted by molar-refractivity contribution is 0.241. The van der Waals surface area contributed by atoms with Crippen molar-refractivity contribution in [3.05, 3.63) is 0 Å². The summed E-state index contributed by atoms with van der Waals surface area (Å²) in [7, 11) is 0.458. The maximum absolute atomic E-state index is 10.2. The monoisotopic (exact) mass is 217 g/mol. The summed E-state index contributed by atoms with van der Waals surface area (Å²) in [6.07, 6.45) is 3.60. The third-order valence-electron chi connectivity index (χ3n) is 2.13. The van der Waals surface area contributed by atoms with E-state index in [2.05, 4.69) is 18.5 Å². The van der Waals surface area contributed by atoms with Crippen LogP contribution in [0, 0.1) is 5.92 Å². The number of rotatable bonds is 7. The first kappa shape index (κ1) is 13.5. The summed E-state index contributed by atoms with van der Waals surface area (Å²) in [4.78, 5) is 10.2. The van der Waals surface area contributed by atoms with Crippen molar-refractivity contribution in [1.82, 2.24) is 0 Å². The topological polar surface area (TPSA) is 47.9 Å². The lowest BCUT2D eigenvalue weighted by Gasteiger charge is -2.20. The van der Waals surface area contributed by atoms with Crippen molar-refractivity contribution in [2.75, 3.05) is 14.2 Å². The summed E-state index contributed by atoms with van der Waals surface area (Å²) in [5.74, 6) is 0.649. The Morgan fingerprint density at radius 1 is 1.36 bits per heavy atom. The lowest BCUT2D eigenvalue weighted by atomic mass is 10.1. The van der Waals surface area contributed by atoms with Gasteiger partial charge in [0.05, 0.1) is 0 Å². The van der Waals surface area contributed by atoms with Crippen molar-refractivity contribution in [3.63, 3.8) is 0 Å². The fraction of sp³-hybridized carbons (Fsp3) is 0.889. The molecule has 0 fully saturated rings. The van der Waals surface area contributed by atoms with Crippen LogP contribution in [0.2, 0.25) is 6.04 Å². The molecule has 0 spiro atoms. The number of hydrogen-bond donors (Lipinski definition) is 0. The minimum Gasteiger partial charge on any atom is -0.380 e. The molecule has 0 aromatic carbocycles. The van der Waals surface area contributed by atoms with Crippen LogP contribution in [-0.2, 0) is 13.6 Å². The van der Waals surface area contributed by atoms with Crippen molar-refractivity contribution in [1.29, 1.82) is 0 Å². The Balaban J connectivity index is 4.14. The molecule has 0 amide bonds. The van der Waals surface area contributed by atoms with E-state index in [4.69, 9.17) is 8.85 Å². The second-order valence-electron chi connectivity index (χ2n) is 3.61. The predicted octanol–water partition coefficient (Wildman–Crippen LogP) is 1.99. The molecular weight excluding hydrogens is 198 g/mol. The molecule has 0 N–H and O–H groups in total. The number of isocyanates is 1. The highest BCUT2D eigenvalue weighted by Crippen LogP contribution is 2.18. The van der Waals surface area contributed by atoms with Gasteiger partial charge < -0.3 is 8.85 Å². The third kappa shape index (κ3) is 4.67. The average Bonchev–Trinajstić information content (AvgIpc) is 2.16. The zero-order valence-electron chi connectivity index (χ0n) is 9.37. The van der Waals surface area contributed by atoms with Crippen LogP contribution < -0.4 is 0 Å². The molecule has 0 saturated carbocycles. The van der Waals surface area contributed by atoms with Crippen molar-refractivity contribution in [2.24, 2.45) is 10.6 Å². The van der Waals surface area contributed by atoms with Crippen LogP contribution in [-0.4, -0.2) is 29.0 Å². The summed E-state index contributed by atoms with van der Waals surface area (Å²) in [6.45, 7) is 4.32. The molecule has 4 nitrogen and oxygen atoms in total. The van der Waals surface area contributed by atoms with E-state index in [0.29, 0.717) is 12.0 Å². The Kier molecular flexibility index (Phi) is 6.66. The fourth-order valence-electron chi connectivity index (χ4n) is 1.24. The molecule has 0 atom stereocenters. The first-order chi connectivity index (χ1) is 6.60. The molecular formula is C9H19NO3Si. The SMILES string of the molecule is CO[Si](CCCC(C)C)(N=C=O)OC. The molecule has 0 radical (unpaired) electrons. The van der Waals surface area contributed by atoms with E-state index in [0.717, 1.165) is 12.8 Å². The molecule has 0 unspecified atom stereocenters. The van der Waals surface area contributed by atoms with E-state index in [1.165, 1.54) is 20.3 Å². The van der Waals surface area contributed by atoms with Gasteiger partial charge in [-0.25, -0.2) is 4.79 Å². The molecule has 0 bridgehead atoms. The number of carbonyl (C=O) groups excluding carboxylic acids is 1. The van der Waals surface area contributed by atoms with E-state index < -0.39 is 8.72 Å². The summed E-state index contributed by atoms with van der Waals surface area (Å²) in [6, 6.07) is 0.716. The second-order valence-corrected chi connectivity index (χ2v) is 6.58. The smallest absolute Gasteiger partial charge is 0.380 e. The van der Waals surface area contributed by atoms with Crippen LogP contribution in [0.1, 0.15) is 26.7 Å². The van der Waals surface area contributed by atoms with Gasteiger partial charge in [0.25, 0.3) is 0 Å². The van der Waals surface area contributed by atoms with Crippen molar-refractivity contribution < 1.29 is 13.6 Å². The van der Waals surface area contributed by atoms with Crippen LogP contribution in [0.25, 0.3) is 0 Å². The van der Waals surface area contributed by atoms with E-state index in [-0.39, 0.29) is 0 Å². The quantitative estimate of drug-likeness (QED) is 0.372. The van der Waals surface area contributed by atoms with Gasteiger partial charge in [-0.2, -0.15) is 4.66 Å². The minimum absolute atomic E-state index is 0.649. The molecule has 0 aliphatic rings. The summed E-state index contributed by atoms with van der Waals surface area (Å²) in [5, 5.41) is 0. The van der Waals surface area contributed by atoms with Gasteiger partial charge in [-0.05, 0) is 12.3 Å². The number of hydrogen-bond acceptors (Lipinski definition) is 4. The highest BCUT2D eigenvalue weighted by atomic mass is 28.4. The maximum atomic E-state index is 10.2. The Bertz CT molecular complexity index is 198. The largest absolute Gasteiger partial charge is 0.488 e. The Morgan fingerprint density at radius 3 is 2.29 bits per heavy atom. The van der Waals surface area contributed by atoms with Crippen LogP contribution in [0.3, 0.4) is 0 Å². The molecule has 82 valence electrons. The zero-order valence-corrected chi connectivity index (χ0v) is 10.4. The Labute approximate surface area is 86.7 Å². The summed E-state index contributed by atoms with van der Waals surface area (Å²) in [5.41, 5.74) is 0. The van der Waals surface area contributed by atoms with E-state index >= 15 is 0 Å². The van der Waals surface area contributed by atoms with Crippen molar-refractivity contribution in [3.8, 4) is 0 Å². The van der Waals surface area contributed by atoms with Crippen molar-refractivity contribution >= 4 is 14.8 Å². The predicted molar refractivity (Wildman–Crippen MR) is 56.8 cm³/mol.